The summed E-state index contributed by atoms with van der Waals surface area (Å²) in [5.41, 5.74) is 1.26. The van der Waals surface area contributed by atoms with Crippen molar-refractivity contribution < 1.29 is 18.0 Å². The van der Waals surface area contributed by atoms with E-state index in [1.165, 1.54) is 33.2 Å². The van der Waals surface area contributed by atoms with Crippen molar-refractivity contribution in [3.63, 3.8) is 0 Å². The zero-order chi connectivity index (χ0) is 26.3. The largest absolute Gasteiger partial charge is 0.416 e. The van der Waals surface area contributed by atoms with Crippen molar-refractivity contribution in [1.29, 1.82) is 0 Å². The van der Waals surface area contributed by atoms with Crippen LogP contribution in [0.15, 0.2) is 66.4 Å². The highest BCUT2D eigenvalue weighted by atomic mass is 32.1. The molecule has 1 fully saturated rings. The molecular weight excluding hydrogens is 513 g/mol. The van der Waals surface area contributed by atoms with Crippen LogP contribution >= 0.6 is 11.3 Å². The second-order valence-electron chi connectivity index (χ2n) is 9.35. The molecule has 0 aliphatic carbocycles. The molecule has 1 amide bonds. The van der Waals surface area contributed by atoms with Crippen molar-refractivity contribution in [2.75, 3.05) is 18.0 Å². The standard InChI is InChI=1S/C27H23F3N6OS/c28-27(29,30)20-4-6-21(7-5-20)36-15-22-24(34-36)32-16-33-25(22)35-10-1-2-19(14-35)26(37)31-13-17-3-8-23-18(12-17)9-11-38-23/h3-9,11-12,15-16,19H,1-2,10,13-14H2,(H,31,37). The number of aromatic nitrogens is 4. The predicted molar refractivity (Wildman–Crippen MR) is 140 cm³/mol. The molecule has 5 aromatic rings. The van der Waals surface area contributed by atoms with E-state index >= 15 is 0 Å². The van der Waals surface area contributed by atoms with Gasteiger partial charge in [-0.15, -0.1) is 16.4 Å². The van der Waals surface area contributed by atoms with Crippen LogP contribution in [0.3, 0.4) is 0 Å². The van der Waals surface area contributed by atoms with E-state index in [0.717, 1.165) is 37.1 Å². The highest BCUT2D eigenvalue weighted by Crippen LogP contribution is 2.31. The quantitative estimate of drug-likeness (QED) is 0.317. The molecule has 11 heteroatoms. The lowest BCUT2D eigenvalue weighted by Gasteiger charge is -2.33. The number of thiophene rings is 1. The summed E-state index contributed by atoms with van der Waals surface area (Å²) in [6, 6.07) is 13.1. The maximum absolute atomic E-state index is 13.0. The lowest BCUT2D eigenvalue weighted by Crippen LogP contribution is -2.43. The van der Waals surface area contributed by atoms with Crippen LogP contribution < -0.4 is 10.2 Å². The Morgan fingerprint density at radius 3 is 2.76 bits per heavy atom. The number of rotatable bonds is 5. The maximum atomic E-state index is 13.0. The Morgan fingerprint density at radius 2 is 1.95 bits per heavy atom. The lowest BCUT2D eigenvalue weighted by atomic mass is 9.97. The molecule has 2 aromatic carbocycles. The number of anilines is 1. The Hall–Kier alpha value is -3.99. The molecule has 1 N–H and O–H groups in total. The Bertz CT molecular complexity index is 1610. The fraction of sp³-hybridized carbons (Fsp3) is 0.259. The number of halogens is 3. The molecule has 4 heterocycles. The lowest BCUT2D eigenvalue weighted by molar-refractivity contribution is -0.137. The first kappa shape index (κ1) is 24.4. The van der Waals surface area contributed by atoms with Crippen molar-refractivity contribution in [2.45, 2.75) is 25.6 Å². The SMILES string of the molecule is O=C(NCc1ccc2sccc2c1)C1CCCN(c2ncnc3nn(-c4ccc(C(F)(F)F)cc4)cc23)C1. The smallest absolute Gasteiger partial charge is 0.355 e. The molecule has 0 bridgehead atoms. The first-order valence-corrected chi connectivity index (χ1v) is 13.1. The van der Waals surface area contributed by atoms with Gasteiger partial charge in [-0.2, -0.15) is 13.2 Å². The molecule has 38 heavy (non-hydrogen) atoms. The number of hydrogen-bond donors (Lipinski definition) is 1. The molecule has 1 aliphatic rings. The number of alkyl halides is 3. The zero-order valence-corrected chi connectivity index (χ0v) is 21.0. The molecule has 194 valence electrons. The number of fused-ring (bicyclic) bond motifs is 2. The molecule has 1 aliphatic heterocycles. The van der Waals surface area contributed by atoms with E-state index < -0.39 is 11.7 Å². The molecular formula is C27H23F3N6OS. The number of piperidine rings is 1. The minimum absolute atomic E-state index is 0.00543. The van der Waals surface area contributed by atoms with Gasteiger partial charge in [-0.1, -0.05) is 6.07 Å². The van der Waals surface area contributed by atoms with Gasteiger partial charge in [0.1, 0.15) is 12.1 Å². The Labute approximate surface area is 219 Å². The molecule has 1 atom stereocenters. The molecule has 3 aromatic heterocycles. The number of hydrogen-bond acceptors (Lipinski definition) is 6. The van der Waals surface area contributed by atoms with Gasteiger partial charge in [0, 0.05) is 30.5 Å². The maximum Gasteiger partial charge on any atom is 0.416 e. The van der Waals surface area contributed by atoms with Crippen LogP contribution in [0, 0.1) is 5.92 Å². The van der Waals surface area contributed by atoms with Crippen LogP contribution in [0.2, 0.25) is 0 Å². The fourth-order valence-corrected chi connectivity index (χ4v) is 5.63. The second kappa shape index (κ2) is 9.71. The van der Waals surface area contributed by atoms with Crippen LogP contribution in [0.25, 0.3) is 26.8 Å². The third kappa shape index (κ3) is 4.81. The van der Waals surface area contributed by atoms with Crippen LogP contribution in [-0.2, 0) is 17.5 Å². The minimum Gasteiger partial charge on any atom is -0.355 e. The van der Waals surface area contributed by atoms with Gasteiger partial charge >= 0.3 is 6.18 Å². The number of amides is 1. The average molecular weight is 537 g/mol. The van der Waals surface area contributed by atoms with E-state index in [-0.39, 0.29) is 11.8 Å². The van der Waals surface area contributed by atoms with E-state index in [1.54, 1.807) is 17.5 Å². The Balaban J connectivity index is 1.17. The van der Waals surface area contributed by atoms with E-state index in [2.05, 4.69) is 48.9 Å². The number of benzene rings is 2. The van der Waals surface area contributed by atoms with Gasteiger partial charge in [-0.25, -0.2) is 14.6 Å². The Morgan fingerprint density at radius 1 is 1.11 bits per heavy atom. The molecule has 1 saturated heterocycles. The highest BCUT2D eigenvalue weighted by Gasteiger charge is 2.30. The highest BCUT2D eigenvalue weighted by molar-refractivity contribution is 7.17. The van der Waals surface area contributed by atoms with E-state index in [4.69, 9.17) is 0 Å². The van der Waals surface area contributed by atoms with Gasteiger partial charge in [0.2, 0.25) is 5.91 Å². The predicted octanol–water partition coefficient (Wildman–Crippen LogP) is 5.58. The molecule has 0 saturated carbocycles. The third-order valence-electron chi connectivity index (χ3n) is 6.83. The summed E-state index contributed by atoms with van der Waals surface area (Å²) in [6.07, 6.45) is 0.354. The van der Waals surface area contributed by atoms with Crippen LogP contribution in [0.4, 0.5) is 19.0 Å². The molecule has 1 unspecified atom stereocenters. The molecule has 0 spiro atoms. The monoisotopic (exact) mass is 536 g/mol. The van der Waals surface area contributed by atoms with Crippen molar-refractivity contribution in [2.24, 2.45) is 5.92 Å². The normalized spacial score (nSPS) is 16.3. The number of carbonyl (C=O) groups excluding carboxylic acids is 1. The minimum atomic E-state index is -4.40. The molecule has 7 nitrogen and oxygen atoms in total. The topological polar surface area (TPSA) is 75.9 Å². The summed E-state index contributed by atoms with van der Waals surface area (Å²) in [4.78, 5) is 23.8. The van der Waals surface area contributed by atoms with E-state index in [9.17, 15) is 18.0 Å². The number of nitrogens with zero attached hydrogens (tertiary/aromatic N) is 5. The van der Waals surface area contributed by atoms with E-state index in [1.807, 2.05) is 6.07 Å². The summed E-state index contributed by atoms with van der Waals surface area (Å²) in [7, 11) is 0. The van der Waals surface area contributed by atoms with Crippen LogP contribution in [0.5, 0.6) is 0 Å². The third-order valence-corrected chi connectivity index (χ3v) is 7.73. The van der Waals surface area contributed by atoms with Crippen LogP contribution in [0.1, 0.15) is 24.0 Å². The summed E-state index contributed by atoms with van der Waals surface area (Å²) < 4.78 is 41.5. The Kier molecular flexibility index (Phi) is 6.22. The van der Waals surface area contributed by atoms with Crippen molar-refractivity contribution in [3.8, 4) is 5.69 Å². The second-order valence-corrected chi connectivity index (χ2v) is 10.3. The number of nitrogens with one attached hydrogen (secondary N) is 1. The summed E-state index contributed by atoms with van der Waals surface area (Å²) in [5.74, 6) is 0.475. The van der Waals surface area contributed by atoms with Crippen molar-refractivity contribution >= 4 is 44.2 Å². The van der Waals surface area contributed by atoms with Crippen LogP contribution in [-0.4, -0.2) is 38.7 Å². The summed E-state index contributed by atoms with van der Waals surface area (Å²) in [5, 5.41) is 11.4. The van der Waals surface area contributed by atoms with Crippen molar-refractivity contribution in [1.82, 2.24) is 25.1 Å². The molecule has 0 radical (unpaired) electrons. The summed E-state index contributed by atoms with van der Waals surface area (Å²) in [6.45, 7) is 1.71. The average Bonchev–Trinajstić information content (AvgIpc) is 3.58. The number of carbonyl (C=O) groups is 1. The van der Waals surface area contributed by atoms with E-state index in [0.29, 0.717) is 35.6 Å². The van der Waals surface area contributed by atoms with Gasteiger partial charge in [0.05, 0.1) is 22.6 Å². The van der Waals surface area contributed by atoms with Gasteiger partial charge < -0.3 is 10.2 Å². The van der Waals surface area contributed by atoms with Gasteiger partial charge in [0.25, 0.3) is 0 Å². The first-order chi connectivity index (χ1) is 18.3. The van der Waals surface area contributed by atoms with Gasteiger partial charge in [-0.3, -0.25) is 4.79 Å². The van der Waals surface area contributed by atoms with Crippen molar-refractivity contribution in [3.05, 3.63) is 77.6 Å². The summed E-state index contributed by atoms with van der Waals surface area (Å²) >= 11 is 1.69. The molecule has 6 rings (SSSR count). The zero-order valence-electron chi connectivity index (χ0n) is 20.2. The van der Waals surface area contributed by atoms with Gasteiger partial charge in [0.15, 0.2) is 5.65 Å². The fourth-order valence-electron chi connectivity index (χ4n) is 4.86. The first-order valence-electron chi connectivity index (χ1n) is 12.2. The van der Waals surface area contributed by atoms with Gasteiger partial charge in [-0.05, 0) is 71.6 Å².